The highest BCUT2D eigenvalue weighted by Crippen LogP contribution is 2.33. The number of aryl methyl sites for hydroxylation is 3. The van der Waals surface area contributed by atoms with Gasteiger partial charge < -0.3 is 13.8 Å². The Balaban J connectivity index is 1.27. The maximum absolute atomic E-state index is 12.7. The fraction of sp³-hybridized carbons (Fsp3) is 0.565. The Hall–Kier alpha value is -2.91. The highest BCUT2D eigenvalue weighted by Gasteiger charge is 2.38. The molecule has 1 aromatic carbocycles. The van der Waals surface area contributed by atoms with Gasteiger partial charge in [0.2, 0.25) is 11.7 Å². The highest BCUT2D eigenvalue weighted by molar-refractivity contribution is 5.61. The van der Waals surface area contributed by atoms with E-state index in [1.54, 1.807) is 12.1 Å². The molecule has 1 saturated carbocycles. The summed E-state index contributed by atoms with van der Waals surface area (Å²) in [5, 5.41) is 7.61. The number of ether oxygens (including phenoxy) is 1. The van der Waals surface area contributed by atoms with Crippen LogP contribution in [0, 0.1) is 13.8 Å². The van der Waals surface area contributed by atoms with Crippen LogP contribution in [0.2, 0.25) is 0 Å². The van der Waals surface area contributed by atoms with E-state index in [9.17, 15) is 13.2 Å². The number of rotatable bonds is 8. The quantitative estimate of drug-likeness (QED) is 0.367. The van der Waals surface area contributed by atoms with Gasteiger partial charge >= 0.3 is 12.1 Å². The predicted octanol–water partition coefficient (Wildman–Crippen LogP) is 6.20. The van der Waals surface area contributed by atoms with Gasteiger partial charge in [-0.2, -0.15) is 23.1 Å². The van der Waals surface area contributed by atoms with Crippen molar-refractivity contribution in [3.05, 3.63) is 40.9 Å². The van der Waals surface area contributed by atoms with E-state index in [-0.39, 0.29) is 5.82 Å². The SMILES string of the molecule is Cc1cc(-c2noc(C(F)(F)F)n2)cc(C)c1OCCCCc1nc(C2CCCCC2)no1. The molecule has 0 bridgehead atoms. The Morgan fingerprint density at radius 2 is 1.70 bits per heavy atom. The number of aromatic nitrogens is 4. The molecule has 2 aromatic heterocycles. The number of hydrogen-bond donors (Lipinski definition) is 0. The van der Waals surface area contributed by atoms with Gasteiger partial charge in [0.1, 0.15) is 5.75 Å². The number of alkyl halides is 3. The van der Waals surface area contributed by atoms with Crippen molar-refractivity contribution in [3.8, 4) is 17.1 Å². The first-order valence-electron chi connectivity index (χ1n) is 11.3. The summed E-state index contributed by atoms with van der Waals surface area (Å²) in [5.74, 6) is 1.19. The molecule has 0 spiro atoms. The first-order valence-corrected chi connectivity index (χ1v) is 11.3. The molecule has 2 heterocycles. The third kappa shape index (κ3) is 5.72. The molecule has 0 atom stereocenters. The molecular formula is C23H27F3N4O3. The van der Waals surface area contributed by atoms with Crippen molar-refractivity contribution in [2.24, 2.45) is 0 Å². The molecular weight excluding hydrogens is 437 g/mol. The number of halogens is 3. The molecule has 1 fully saturated rings. The van der Waals surface area contributed by atoms with E-state index < -0.39 is 12.1 Å². The molecule has 0 amide bonds. The van der Waals surface area contributed by atoms with E-state index in [1.165, 1.54) is 19.3 Å². The van der Waals surface area contributed by atoms with E-state index in [2.05, 4.69) is 24.8 Å². The van der Waals surface area contributed by atoms with Gasteiger partial charge in [-0.05, 0) is 62.8 Å². The lowest BCUT2D eigenvalue weighted by Gasteiger charge is -2.17. The Labute approximate surface area is 189 Å². The van der Waals surface area contributed by atoms with Gasteiger partial charge in [0.15, 0.2) is 5.82 Å². The minimum absolute atomic E-state index is 0.104. The molecule has 4 rings (SSSR count). The van der Waals surface area contributed by atoms with Crippen LogP contribution in [-0.4, -0.2) is 26.9 Å². The first-order chi connectivity index (χ1) is 15.8. The van der Waals surface area contributed by atoms with Crippen molar-refractivity contribution in [2.75, 3.05) is 6.61 Å². The first kappa shape index (κ1) is 23.3. The van der Waals surface area contributed by atoms with Gasteiger partial charge in [-0.3, -0.25) is 0 Å². The standard InChI is InChI=1S/C23H27F3N4O3/c1-14-12-17(21-28-22(33-30-21)23(24,25)26)13-15(2)19(14)31-11-7-6-10-18-27-20(29-32-18)16-8-4-3-5-9-16/h12-13,16H,3-11H2,1-2H3. The van der Waals surface area contributed by atoms with Gasteiger partial charge in [0.05, 0.1) is 6.61 Å². The van der Waals surface area contributed by atoms with Crippen molar-refractivity contribution in [1.29, 1.82) is 0 Å². The van der Waals surface area contributed by atoms with Crippen LogP contribution in [0.25, 0.3) is 11.4 Å². The molecule has 0 radical (unpaired) electrons. The predicted molar refractivity (Wildman–Crippen MR) is 113 cm³/mol. The van der Waals surface area contributed by atoms with Crippen LogP contribution in [-0.2, 0) is 12.6 Å². The van der Waals surface area contributed by atoms with Crippen molar-refractivity contribution >= 4 is 0 Å². The summed E-state index contributed by atoms with van der Waals surface area (Å²) in [6.45, 7) is 4.18. The molecule has 178 valence electrons. The molecule has 0 unspecified atom stereocenters. The zero-order chi connectivity index (χ0) is 23.4. The van der Waals surface area contributed by atoms with Crippen LogP contribution in [0.3, 0.4) is 0 Å². The second kappa shape index (κ2) is 9.93. The second-order valence-corrected chi connectivity index (χ2v) is 8.55. The molecule has 33 heavy (non-hydrogen) atoms. The fourth-order valence-corrected chi connectivity index (χ4v) is 4.21. The average Bonchev–Trinajstić information content (AvgIpc) is 3.45. The number of benzene rings is 1. The molecule has 0 N–H and O–H groups in total. The summed E-state index contributed by atoms with van der Waals surface area (Å²) in [7, 11) is 0. The topological polar surface area (TPSA) is 87.1 Å². The normalized spacial score (nSPS) is 15.2. The Kier molecular flexibility index (Phi) is 6.99. The van der Waals surface area contributed by atoms with E-state index in [1.807, 2.05) is 13.8 Å². The Morgan fingerprint density at radius 3 is 2.36 bits per heavy atom. The van der Waals surface area contributed by atoms with Gasteiger partial charge in [0.25, 0.3) is 0 Å². The number of unbranched alkanes of at least 4 members (excludes halogenated alkanes) is 1. The molecule has 0 aliphatic heterocycles. The minimum Gasteiger partial charge on any atom is -0.493 e. The largest absolute Gasteiger partial charge is 0.493 e. The third-order valence-electron chi connectivity index (χ3n) is 5.87. The Bertz CT molecular complexity index is 1050. The summed E-state index contributed by atoms with van der Waals surface area (Å²) in [5.41, 5.74) is 2.02. The summed E-state index contributed by atoms with van der Waals surface area (Å²) in [4.78, 5) is 8.01. The van der Waals surface area contributed by atoms with Crippen LogP contribution in [0.5, 0.6) is 5.75 Å². The van der Waals surface area contributed by atoms with E-state index >= 15 is 0 Å². The monoisotopic (exact) mass is 464 g/mol. The lowest BCUT2D eigenvalue weighted by molar-refractivity contribution is -0.159. The molecule has 10 heteroatoms. The lowest BCUT2D eigenvalue weighted by Crippen LogP contribution is -2.06. The molecule has 0 saturated heterocycles. The van der Waals surface area contributed by atoms with Crippen molar-refractivity contribution in [3.63, 3.8) is 0 Å². The van der Waals surface area contributed by atoms with Crippen LogP contribution in [0.1, 0.15) is 79.6 Å². The number of hydrogen-bond acceptors (Lipinski definition) is 7. The van der Waals surface area contributed by atoms with Gasteiger partial charge in [-0.15, -0.1) is 0 Å². The maximum Gasteiger partial charge on any atom is 0.471 e. The summed E-state index contributed by atoms with van der Waals surface area (Å²) in [6, 6.07) is 3.39. The van der Waals surface area contributed by atoms with E-state index in [0.717, 1.165) is 42.6 Å². The van der Waals surface area contributed by atoms with Gasteiger partial charge in [-0.1, -0.05) is 29.6 Å². The zero-order valence-electron chi connectivity index (χ0n) is 18.7. The maximum atomic E-state index is 12.7. The Morgan fingerprint density at radius 1 is 0.970 bits per heavy atom. The van der Waals surface area contributed by atoms with Crippen molar-refractivity contribution < 1.29 is 27.0 Å². The van der Waals surface area contributed by atoms with Crippen LogP contribution < -0.4 is 4.74 Å². The second-order valence-electron chi connectivity index (χ2n) is 8.55. The van der Waals surface area contributed by atoms with Crippen molar-refractivity contribution in [2.45, 2.75) is 77.3 Å². The zero-order valence-corrected chi connectivity index (χ0v) is 18.7. The van der Waals surface area contributed by atoms with E-state index in [0.29, 0.717) is 36.1 Å². The van der Waals surface area contributed by atoms with Crippen molar-refractivity contribution in [1.82, 2.24) is 20.3 Å². The average molecular weight is 464 g/mol. The smallest absolute Gasteiger partial charge is 0.471 e. The number of nitrogens with zero attached hydrogens (tertiary/aromatic N) is 4. The molecule has 1 aliphatic rings. The van der Waals surface area contributed by atoms with Crippen LogP contribution >= 0.6 is 0 Å². The summed E-state index contributed by atoms with van der Waals surface area (Å²) < 4.78 is 53.8. The van der Waals surface area contributed by atoms with Crippen LogP contribution in [0.4, 0.5) is 13.2 Å². The minimum atomic E-state index is -4.67. The third-order valence-corrected chi connectivity index (χ3v) is 5.87. The lowest BCUT2D eigenvalue weighted by atomic mass is 9.89. The van der Waals surface area contributed by atoms with E-state index in [4.69, 9.17) is 9.26 Å². The van der Waals surface area contributed by atoms with Gasteiger partial charge in [0, 0.05) is 17.9 Å². The summed E-state index contributed by atoms with van der Waals surface area (Å²) in [6.07, 6.45) is 3.73. The van der Waals surface area contributed by atoms with Gasteiger partial charge in [-0.25, -0.2) is 0 Å². The summed E-state index contributed by atoms with van der Waals surface area (Å²) >= 11 is 0. The molecule has 1 aliphatic carbocycles. The molecule has 7 nitrogen and oxygen atoms in total. The van der Waals surface area contributed by atoms with Crippen LogP contribution in [0.15, 0.2) is 21.2 Å². The highest BCUT2D eigenvalue weighted by atomic mass is 19.4. The molecule has 3 aromatic rings. The fourth-order valence-electron chi connectivity index (χ4n) is 4.21.